The smallest absolute Gasteiger partial charge is 0.255 e. The Balaban J connectivity index is 0.755. The SMILES string of the molecule is C=C1CCC(N2Cc3cc(CCCCC(=O)N4CCN(CCOc5ccc([C@H]6c7ccc(O)cc7CC[C@H]6c6ccccc6)cc5)CC4)ccc3C2=O)C(=O)N1. The van der Waals surface area contributed by atoms with Crippen molar-refractivity contribution in [3.8, 4) is 11.5 Å². The van der Waals surface area contributed by atoms with Gasteiger partial charge >= 0.3 is 0 Å². The molecular formula is C47H52N4O5. The van der Waals surface area contributed by atoms with Crippen molar-refractivity contribution in [2.75, 3.05) is 39.3 Å². The third kappa shape index (κ3) is 8.24. The van der Waals surface area contributed by atoms with Gasteiger partial charge in [0, 0.05) is 62.9 Å². The molecule has 0 saturated carbocycles. The molecule has 4 aliphatic rings. The first-order chi connectivity index (χ1) is 27.3. The Bertz CT molecular complexity index is 2070. The number of ether oxygens (including phenoxy) is 1. The van der Waals surface area contributed by atoms with E-state index >= 15 is 0 Å². The molecule has 1 unspecified atom stereocenters. The summed E-state index contributed by atoms with van der Waals surface area (Å²) in [5, 5.41) is 13.0. The number of rotatable bonds is 12. The summed E-state index contributed by atoms with van der Waals surface area (Å²) in [7, 11) is 0. The van der Waals surface area contributed by atoms with Gasteiger partial charge in [-0.3, -0.25) is 19.3 Å². The van der Waals surface area contributed by atoms with Crippen LogP contribution < -0.4 is 10.1 Å². The Morgan fingerprint density at radius 2 is 1.64 bits per heavy atom. The minimum absolute atomic E-state index is 0.0782. The van der Waals surface area contributed by atoms with E-state index in [1.165, 1.54) is 22.3 Å². The maximum atomic E-state index is 13.1. The van der Waals surface area contributed by atoms with E-state index in [0.717, 1.165) is 81.7 Å². The summed E-state index contributed by atoms with van der Waals surface area (Å²) in [6, 6.07) is 30.7. The van der Waals surface area contributed by atoms with Crippen molar-refractivity contribution in [3.63, 3.8) is 0 Å². The highest BCUT2D eigenvalue weighted by Gasteiger charge is 2.38. The second-order valence-electron chi connectivity index (χ2n) is 15.8. The van der Waals surface area contributed by atoms with Crippen LogP contribution in [0.1, 0.15) is 94.1 Å². The molecule has 56 heavy (non-hydrogen) atoms. The number of phenolic OH excluding ortho intramolecular Hbond substituents is 1. The number of unbranched alkanes of at least 4 members (excludes halogenated alkanes) is 1. The number of hydrogen-bond donors (Lipinski definition) is 2. The van der Waals surface area contributed by atoms with Crippen LogP contribution in [0, 0.1) is 0 Å². The number of nitrogens with zero attached hydrogens (tertiary/aromatic N) is 3. The number of aryl methyl sites for hydroxylation is 2. The molecule has 0 bridgehead atoms. The Kier molecular flexibility index (Phi) is 11.2. The van der Waals surface area contributed by atoms with Gasteiger partial charge in [0.2, 0.25) is 11.8 Å². The fraction of sp³-hybridized carbons (Fsp3) is 0.383. The molecule has 3 heterocycles. The van der Waals surface area contributed by atoms with E-state index in [1.807, 2.05) is 29.2 Å². The second-order valence-corrected chi connectivity index (χ2v) is 15.8. The summed E-state index contributed by atoms with van der Waals surface area (Å²) in [6.07, 6.45) is 6.39. The predicted octanol–water partition coefficient (Wildman–Crippen LogP) is 6.94. The summed E-state index contributed by atoms with van der Waals surface area (Å²) < 4.78 is 6.20. The number of fused-ring (bicyclic) bond motifs is 2. The summed E-state index contributed by atoms with van der Waals surface area (Å²) in [6.45, 7) is 8.85. The van der Waals surface area contributed by atoms with Crippen molar-refractivity contribution >= 4 is 17.7 Å². The number of phenols is 1. The van der Waals surface area contributed by atoms with Gasteiger partial charge in [0.1, 0.15) is 24.1 Å². The van der Waals surface area contributed by atoms with Gasteiger partial charge in [-0.05, 0) is 115 Å². The topological polar surface area (TPSA) is 102 Å². The van der Waals surface area contributed by atoms with Crippen molar-refractivity contribution in [3.05, 3.63) is 142 Å². The highest BCUT2D eigenvalue weighted by molar-refractivity contribution is 6.01. The molecule has 290 valence electrons. The van der Waals surface area contributed by atoms with Gasteiger partial charge in [-0.25, -0.2) is 0 Å². The molecule has 2 saturated heterocycles. The number of allylic oxidation sites excluding steroid dienone is 1. The molecule has 4 aromatic carbocycles. The summed E-state index contributed by atoms with van der Waals surface area (Å²) in [5.74, 6) is 1.75. The van der Waals surface area contributed by atoms with Crippen molar-refractivity contribution in [1.82, 2.24) is 20.0 Å². The molecule has 0 aromatic heterocycles. The zero-order chi connectivity index (χ0) is 38.6. The van der Waals surface area contributed by atoms with Crippen LogP contribution in [-0.4, -0.2) is 82.9 Å². The summed E-state index contributed by atoms with van der Waals surface area (Å²) in [5.41, 5.74) is 8.65. The largest absolute Gasteiger partial charge is 0.508 e. The van der Waals surface area contributed by atoms with Crippen molar-refractivity contribution in [2.24, 2.45) is 0 Å². The molecule has 3 atom stereocenters. The van der Waals surface area contributed by atoms with Gasteiger partial charge < -0.3 is 25.0 Å². The van der Waals surface area contributed by atoms with Crippen LogP contribution in [0.25, 0.3) is 0 Å². The third-order valence-electron chi connectivity index (χ3n) is 12.3. The van der Waals surface area contributed by atoms with Crippen molar-refractivity contribution in [1.29, 1.82) is 0 Å². The number of nitrogens with one attached hydrogen (secondary N) is 1. The van der Waals surface area contributed by atoms with Crippen LogP contribution in [0.15, 0.2) is 103 Å². The third-order valence-corrected chi connectivity index (χ3v) is 12.3. The van der Waals surface area contributed by atoms with E-state index in [-0.39, 0.29) is 23.6 Å². The molecule has 0 spiro atoms. The van der Waals surface area contributed by atoms with Crippen molar-refractivity contribution in [2.45, 2.75) is 75.8 Å². The summed E-state index contributed by atoms with van der Waals surface area (Å²) >= 11 is 0. The van der Waals surface area contributed by atoms with E-state index < -0.39 is 6.04 Å². The normalized spacial score (nSPS) is 21.1. The lowest BCUT2D eigenvalue weighted by atomic mass is 9.69. The zero-order valence-electron chi connectivity index (χ0n) is 32.1. The highest BCUT2D eigenvalue weighted by atomic mass is 16.5. The molecule has 4 aromatic rings. The molecule has 2 N–H and O–H groups in total. The number of carbonyl (C=O) groups is 3. The Labute approximate surface area is 330 Å². The molecule has 3 aliphatic heterocycles. The number of amides is 3. The van der Waals surface area contributed by atoms with Gasteiger partial charge in [0.05, 0.1) is 0 Å². The molecule has 2 fully saturated rings. The number of piperazine rings is 1. The van der Waals surface area contributed by atoms with Crippen LogP contribution in [0.2, 0.25) is 0 Å². The molecule has 9 nitrogen and oxygen atoms in total. The molecule has 8 rings (SSSR count). The van der Waals surface area contributed by atoms with Gasteiger partial charge in [0.25, 0.3) is 5.91 Å². The number of benzene rings is 4. The fourth-order valence-corrected chi connectivity index (χ4v) is 9.19. The minimum Gasteiger partial charge on any atom is -0.508 e. The van der Waals surface area contributed by atoms with Crippen LogP contribution in [0.4, 0.5) is 0 Å². The van der Waals surface area contributed by atoms with E-state index in [0.29, 0.717) is 55.3 Å². The highest BCUT2D eigenvalue weighted by Crippen LogP contribution is 2.47. The molecule has 9 heteroatoms. The molecule has 3 amide bonds. The monoisotopic (exact) mass is 752 g/mol. The van der Waals surface area contributed by atoms with Crippen LogP contribution in [0.3, 0.4) is 0 Å². The average Bonchev–Trinajstić information content (AvgIpc) is 3.54. The first kappa shape index (κ1) is 37.5. The van der Waals surface area contributed by atoms with E-state index in [2.05, 4.69) is 83.5 Å². The van der Waals surface area contributed by atoms with Gasteiger partial charge in [-0.1, -0.05) is 67.2 Å². The maximum Gasteiger partial charge on any atom is 0.255 e. The lowest BCUT2D eigenvalue weighted by Crippen LogP contribution is -2.49. The summed E-state index contributed by atoms with van der Waals surface area (Å²) in [4.78, 5) is 44.7. The molecular weight excluding hydrogens is 701 g/mol. The fourth-order valence-electron chi connectivity index (χ4n) is 9.19. The minimum atomic E-state index is -0.451. The second kappa shape index (κ2) is 16.8. The maximum absolute atomic E-state index is 13.1. The lowest BCUT2D eigenvalue weighted by molar-refractivity contribution is -0.133. The first-order valence-electron chi connectivity index (χ1n) is 20.3. The van der Waals surface area contributed by atoms with E-state index in [4.69, 9.17) is 4.74 Å². The van der Waals surface area contributed by atoms with Crippen LogP contribution in [-0.2, 0) is 29.0 Å². The first-order valence-corrected chi connectivity index (χ1v) is 20.3. The average molecular weight is 753 g/mol. The van der Waals surface area contributed by atoms with Gasteiger partial charge in [-0.2, -0.15) is 0 Å². The molecule has 0 radical (unpaired) electrons. The standard InChI is InChI=1S/C47H52N4O5/c1-32-11-22-43(46(54)48-32)51-31-37-29-33(12-19-42(37)47(51)55)7-5-6-10-44(53)50-25-23-49(24-26-50)27-28-56-39-17-13-35(14-18-39)45-40(34-8-3-2-4-9-34)20-15-36-30-38(52)16-21-41(36)45/h2-4,8-9,12-14,16-19,21,29-30,40,43,45,52H,1,5-7,10-11,15,20,22-28,31H2,(H,48,54)/t40-,43?,45+/m0/s1. The number of piperidine rings is 1. The molecule has 1 aliphatic carbocycles. The van der Waals surface area contributed by atoms with Gasteiger partial charge in [-0.15, -0.1) is 0 Å². The van der Waals surface area contributed by atoms with Gasteiger partial charge in [0.15, 0.2) is 0 Å². The Morgan fingerprint density at radius 1 is 0.839 bits per heavy atom. The van der Waals surface area contributed by atoms with Crippen molar-refractivity contribution < 1.29 is 24.2 Å². The Morgan fingerprint density at radius 3 is 2.43 bits per heavy atom. The van der Waals surface area contributed by atoms with Crippen LogP contribution >= 0.6 is 0 Å². The quantitative estimate of drug-likeness (QED) is 0.152. The Hall–Kier alpha value is -5.41. The zero-order valence-corrected chi connectivity index (χ0v) is 32.1. The predicted molar refractivity (Wildman–Crippen MR) is 217 cm³/mol. The number of hydrogen-bond acceptors (Lipinski definition) is 6. The van der Waals surface area contributed by atoms with Crippen LogP contribution in [0.5, 0.6) is 11.5 Å². The number of carbonyl (C=O) groups excluding carboxylic acids is 3. The van der Waals surface area contributed by atoms with E-state index in [9.17, 15) is 19.5 Å². The lowest BCUT2D eigenvalue weighted by Gasteiger charge is -2.35. The number of aromatic hydroxyl groups is 1. The van der Waals surface area contributed by atoms with E-state index in [1.54, 1.807) is 4.90 Å².